The summed E-state index contributed by atoms with van der Waals surface area (Å²) in [5.74, 6) is 0. The molecule has 0 bridgehead atoms. The molecule has 1 aliphatic carbocycles. The summed E-state index contributed by atoms with van der Waals surface area (Å²) in [6.45, 7) is 0. The maximum Gasteiger partial charge on any atom is 0.0326 e. The number of aryl methyl sites for hydroxylation is 1. The topological polar surface area (TPSA) is 12.0 Å². The SMILES string of the molecule is CNC1CCCc2ccc3ccccc3c21. The molecule has 1 atom stereocenters. The summed E-state index contributed by atoms with van der Waals surface area (Å²) in [6.07, 6.45) is 3.80. The molecule has 0 saturated carbocycles. The first-order valence-corrected chi connectivity index (χ1v) is 6.08. The molecule has 0 aliphatic heterocycles. The monoisotopic (exact) mass is 211 g/mol. The van der Waals surface area contributed by atoms with Crippen molar-refractivity contribution in [2.24, 2.45) is 0 Å². The van der Waals surface area contributed by atoms with Gasteiger partial charge in [-0.25, -0.2) is 0 Å². The van der Waals surface area contributed by atoms with Crippen molar-refractivity contribution in [2.75, 3.05) is 7.05 Å². The molecule has 0 amide bonds. The fraction of sp³-hybridized carbons (Fsp3) is 0.333. The van der Waals surface area contributed by atoms with Crippen molar-refractivity contribution in [3.8, 4) is 0 Å². The Hall–Kier alpha value is -1.34. The molecule has 0 fully saturated rings. The maximum atomic E-state index is 3.45. The highest BCUT2D eigenvalue weighted by molar-refractivity contribution is 5.87. The van der Waals surface area contributed by atoms with Gasteiger partial charge in [0.25, 0.3) is 0 Å². The number of hydrogen-bond acceptors (Lipinski definition) is 1. The van der Waals surface area contributed by atoms with E-state index in [0.29, 0.717) is 6.04 Å². The molecule has 0 spiro atoms. The van der Waals surface area contributed by atoms with Crippen LogP contribution in [0.4, 0.5) is 0 Å². The first-order chi connectivity index (χ1) is 7.90. The Labute approximate surface area is 96.5 Å². The number of fused-ring (bicyclic) bond motifs is 3. The van der Waals surface area contributed by atoms with Gasteiger partial charge in [-0.1, -0.05) is 36.4 Å². The Bertz CT molecular complexity index is 516. The lowest BCUT2D eigenvalue weighted by atomic mass is 9.84. The second kappa shape index (κ2) is 3.91. The van der Waals surface area contributed by atoms with E-state index in [9.17, 15) is 0 Å². The fourth-order valence-corrected chi connectivity index (χ4v) is 2.90. The van der Waals surface area contributed by atoms with E-state index in [1.54, 1.807) is 0 Å². The minimum Gasteiger partial charge on any atom is -0.313 e. The summed E-state index contributed by atoms with van der Waals surface area (Å²) in [6, 6.07) is 13.8. The zero-order valence-electron chi connectivity index (χ0n) is 9.66. The number of nitrogens with one attached hydrogen (secondary N) is 1. The molecular formula is C15H17N. The zero-order valence-corrected chi connectivity index (χ0v) is 9.66. The summed E-state index contributed by atoms with van der Waals surface area (Å²) in [5.41, 5.74) is 3.07. The molecule has 1 unspecified atom stereocenters. The average Bonchev–Trinajstić information content (AvgIpc) is 2.37. The molecule has 3 rings (SSSR count). The highest BCUT2D eigenvalue weighted by atomic mass is 14.9. The minimum absolute atomic E-state index is 0.537. The summed E-state index contributed by atoms with van der Waals surface area (Å²) in [5, 5.41) is 6.25. The Kier molecular flexibility index (Phi) is 2.41. The second-order valence-corrected chi connectivity index (χ2v) is 4.59. The van der Waals surface area contributed by atoms with Crippen LogP contribution in [0.25, 0.3) is 10.8 Å². The molecule has 2 aromatic carbocycles. The molecule has 1 aliphatic rings. The number of hydrogen-bond donors (Lipinski definition) is 1. The number of rotatable bonds is 1. The Morgan fingerprint density at radius 1 is 1.12 bits per heavy atom. The van der Waals surface area contributed by atoms with Crippen molar-refractivity contribution in [1.29, 1.82) is 0 Å². The van der Waals surface area contributed by atoms with Crippen LogP contribution in [-0.4, -0.2) is 7.05 Å². The van der Waals surface area contributed by atoms with Crippen molar-refractivity contribution in [1.82, 2.24) is 5.32 Å². The third-order valence-electron chi connectivity index (χ3n) is 3.70. The summed E-state index contributed by atoms with van der Waals surface area (Å²) < 4.78 is 0. The van der Waals surface area contributed by atoms with E-state index >= 15 is 0 Å². The van der Waals surface area contributed by atoms with Crippen LogP contribution in [0.1, 0.15) is 30.0 Å². The van der Waals surface area contributed by atoms with Gasteiger partial charge in [-0.3, -0.25) is 0 Å². The molecule has 1 N–H and O–H groups in total. The predicted octanol–water partition coefficient (Wildman–Crippen LogP) is 3.44. The molecule has 82 valence electrons. The molecular weight excluding hydrogens is 194 g/mol. The van der Waals surface area contributed by atoms with Gasteiger partial charge in [0, 0.05) is 6.04 Å². The Morgan fingerprint density at radius 2 is 2.00 bits per heavy atom. The van der Waals surface area contributed by atoms with Crippen LogP contribution in [0.2, 0.25) is 0 Å². The normalized spacial score (nSPS) is 19.7. The lowest BCUT2D eigenvalue weighted by Crippen LogP contribution is -2.21. The van der Waals surface area contributed by atoms with Crippen LogP contribution in [0, 0.1) is 0 Å². The second-order valence-electron chi connectivity index (χ2n) is 4.59. The molecule has 2 aromatic rings. The molecule has 0 aromatic heterocycles. The lowest BCUT2D eigenvalue weighted by molar-refractivity contribution is 0.500. The summed E-state index contributed by atoms with van der Waals surface area (Å²) in [7, 11) is 2.07. The highest BCUT2D eigenvalue weighted by Gasteiger charge is 2.20. The average molecular weight is 211 g/mol. The summed E-state index contributed by atoms with van der Waals surface area (Å²) >= 11 is 0. The third kappa shape index (κ3) is 1.43. The van der Waals surface area contributed by atoms with Gasteiger partial charge in [-0.05, 0) is 48.2 Å². The smallest absolute Gasteiger partial charge is 0.0326 e. The van der Waals surface area contributed by atoms with Gasteiger partial charge in [0.05, 0.1) is 0 Å². The van der Waals surface area contributed by atoms with Crippen molar-refractivity contribution in [2.45, 2.75) is 25.3 Å². The van der Waals surface area contributed by atoms with Gasteiger partial charge >= 0.3 is 0 Å². The fourth-order valence-electron chi connectivity index (χ4n) is 2.90. The van der Waals surface area contributed by atoms with Gasteiger partial charge in [-0.15, -0.1) is 0 Å². The van der Waals surface area contributed by atoms with Crippen molar-refractivity contribution >= 4 is 10.8 Å². The van der Waals surface area contributed by atoms with Crippen LogP contribution in [-0.2, 0) is 6.42 Å². The third-order valence-corrected chi connectivity index (χ3v) is 3.70. The van der Waals surface area contributed by atoms with Crippen molar-refractivity contribution < 1.29 is 0 Å². The summed E-state index contributed by atoms with van der Waals surface area (Å²) in [4.78, 5) is 0. The quantitative estimate of drug-likeness (QED) is 0.762. The molecule has 16 heavy (non-hydrogen) atoms. The van der Waals surface area contributed by atoms with Crippen LogP contribution in [0.15, 0.2) is 36.4 Å². The van der Waals surface area contributed by atoms with E-state index in [1.807, 2.05) is 0 Å². The van der Waals surface area contributed by atoms with Gasteiger partial charge in [-0.2, -0.15) is 0 Å². The minimum atomic E-state index is 0.537. The standard InChI is InChI=1S/C15H17N/c1-16-14-8-4-6-12-10-9-11-5-2-3-7-13(11)15(12)14/h2-3,5,7,9-10,14,16H,4,6,8H2,1H3. The Balaban J connectivity index is 2.30. The molecule has 0 saturated heterocycles. The van der Waals surface area contributed by atoms with Gasteiger partial charge in [0.2, 0.25) is 0 Å². The van der Waals surface area contributed by atoms with Gasteiger partial charge < -0.3 is 5.32 Å². The molecule has 0 radical (unpaired) electrons. The first-order valence-electron chi connectivity index (χ1n) is 6.08. The largest absolute Gasteiger partial charge is 0.313 e. The predicted molar refractivity (Wildman–Crippen MR) is 68.7 cm³/mol. The number of benzene rings is 2. The van der Waals surface area contributed by atoms with Crippen LogP contribution in [0.3, 0.4) is 0 Å². The molecule has 1 nitrogen and oxygen atoms in total. The zero-order chi connectivity index (χ0) is 11.0. The Morgan fingerprint density at radius 3 is 2.88 bits per heavy atom. The molecule has 1 heteroatoms. The van der Waals surface area contributed by atoms with E-state index in [0.717, 1.165) is 0 Å². The van der Waals surface area contributed by atoms with Crippen molar-refractivity contribution in [3.63, 3.8) is 0 Å². The van der Waals surface area contributed by atoms with Crippen LogP contribution < -0.4 is 5.32 Å². The molecule has 0 heterocycles. The first kappa shape index (κ1) is 9.86. The van der Waals surface area contributed by atoms with E-state index in [2.05, 4.69) is 48.8 Å². The van der Waals surface area contributed by atoms with Crippen molar-refractivity contribution in [3.05, 3.63) is 47.5 Å². The van der Waals surface area contributed by atoms with E-state index in [4.69, 9.17) is 0 Å². The van der Waals surface area contributed by atoms with E-state index < -0.39 is 0 Å². The maximum absolute atomic E-state index is 3.45. The highest BCUT2D eigenvalue weighted by Crippen LogP contribution is 2.34. The van der Waals surface area contributed by atoms with E-state index in [-0.39, 0.29) is 0 Å². The van der Waals surface area contributed by atoms with Crippen LogP contribution >= 0.6 is 0 Å². The van der Waals surface area contributed by atoms with Gasteiger partial charge in [0.1, 0.15) is 0 Å². The van der Waals surface area contributed by atoms with Gasteiger partial charge in [0.15, 0.2) is 0 Å². The van der Waals surface area contributed by atoms with Crippen LogP contribution in [0.5, 0.6) is 0 Å². The van der Waals surface area contributed by atoms with E-state index in [1.165, 1.54) is 41.2 Å². The lowest BCUT2D eigenvalue weighted by Gasteiger charge is -2.26.